The second-order valence-corrected chi connectivity index (χ2v) is 11.7. The molecular weight excluding hydrogens is 478 g/mol. The van der Waals surface area contributed by atoms with Crippen LogP contribution in [-0.2, 0) is 12.0 Å². The van der Waals surface area contributed by atoms with Crippen molar-refractivity contribution in [2.45, 2.75) is 74.7 Å². The zero-order chi connectivity index (χ0) is 25.8. The van der Waals surface area contributed by atoms with Crippen LogP contribution in [0.1, 0.15) is 68.3 Å². The third kappa shape index (κ3) is 5.34. The number of pyridine rings is 3. The van der Waals surface area contributed by atoms with E-state index < -0.39 is 5.41 Å². The molecule has 0 radical (unpaired) electrons. The summed E-state index contributed by atoms with van der Waals surface area (Å²) in [7, 11) is 0. The molecule has 1 saturated heterocycles. The van der Waals surface area contributed by atoms with Gasteiger partial charge < -0.3 is 5.32 Å². The van der Waals surface area contributed by atoms with Crippen LogP contribution in [0.4, 0.5) is 0 Å². The zero-order valence-corrected chi connectivity index (χ0v) is 22.7. The number of piperidine rings is 1. The minimum Gasteiger partial charge on any atom is -0.306 e. The molecule has 1 N–H and O–H groups in total. The number of rotatable bonds is 7. The number of fused-ring (bicyclic) bond motifs is 1. The molecule has 37 heavy (non-hydrogen) atoms. The van der Waals surface area contributed by atoms with Gasteiger partial charge in [0.25, 0.3) is 5.56 Å². The first-order chi connectivity index (χ1) is 18.0. The molecule has 0 bridgehead atoms. The van der Waals surface area contributed by atoms with Crippen molar-refractivity contribution in [3.8, 4) is 6.07 Å². The highest BCUT2D eigenvalue weighted by Gasteiger charge is 2.37. The number of hydrogen-bond acceptors (Lipinski definition) is 6. The first-order valence-corrected chi connectivity index (χ1v) is 14.8. The van der Waals surface area contributed by atoms with Crippen molar-refractivity contribution in [1.82, 2.24) is 19.6 Å². The first-order valence-electron chi connectivity index (χ1n) is 13.5. The van der Waals surface area contributed by atoms with Crippen molar-refractivity contribution < 1.29 is 0 Å². The van der Waals surface area contributed by atoms with Gasteiger partial charge in [-0.2, -0.15) is 17.0 Å². The quantitative estimate of drug-likeness (QED) is 0.473. The van der Waals surface area contributed by atoms with Crippen molar-refractivity contribution in [3.63, 3.8) is 0 Å². The molecule has 194 valence electrons. The van der Waals surface area contributed by atoms with Crippen LogP contribution in [0.25, 0.3) is 5.52 Å². The van der Waals surface area contributed by atoms with Crippen LogP contribution < -0.4 is 10.9 Å². The Balaban J connectivity index is 1.38. The van der Waals surface area contributed by atoms with Gasteiger partial charge >= 0.3 is 0 Å². The van der Waals surface area contributed by atoms with Crippen LogP contribution in [0.2, 0.25) is 0 Å². The summed E-state index contributed by atoms with van der Waals surface area (Å²) in [6, 6.07) is 17.0. The topological polar surface area (TPSA) is 73.4 Å². The molecule has 0 spiro atoms. The van der Waals surface area contributed by atoms with Gasteiger partial charge in [0, 0.05) is 54.9 Å². The molecule has 1 aliphatic carbocycles. The van der Waals surface area contributed by atoms with Crippen molar-refractivity contribution in [3.05, 3.63) is 82.0 Å². The van der Waals surface area contributed by atoms with Gasteiger partial charge in [-0.3, -0.25) is 19.1 Å². The predicted molar refractivity (Wildman–Crippen MR) is 151 cm³/mol. The summed E-state index contributed by atoms with van der Waals surface area (Å²) in [5.74, 6) is 0. The zero-order valence-electron chi connectivity index (χ0n) is 21.9. The first kappa shape index (κ1) is 26.0. The van der Waals surface area contributed by atoms with E-state index in [2.05, 4.69) is 40.5 Å². The number of hydrogen-bond donors (Lipinski definition) is 1. The highest BCUT2D eigenvalue weighted by atomic mass is 32.2. The van der Waals surface area contributed by atoms with E-state index in [0.717, 1.165) is 54.8 Å². The number of nitrogens with zero attached hydrogens (tertiary/aromatic N) is 4. The van der Waals surface area contributed by atoms with Crippen LogP contribution in [0.5, 0.6) is 0 Å². The highest BCUT2D eigenvalue weighted by molar-refractivity contribution is 7.99. The van der Waals surface area contributed by atoms with Gasteiger partial charge in [0.15, 0.2) is 0 Å². The fourth-order valence-corrected chi connectivity index (χ4v) is 7.11. The minimum absolute atomic E-state index is 0.0159. The van der Waals surface area contributed by atoms with Crippen LogP contribution in [-0.4, -0.2) is 44.9 Å². The molecule has 1 saturated carbocycles. The van der Waals surface area contributed by atoms with E-state index in [-0.39, 0.29) is 11.6 Å². The fraction of sp³-hybridized carbons (Fsp3) is 0.500. The molecule has 1 aliphatic heterocycles. The smallest absolute Gasteiger partial charge is 0.259 e. The maximum atomic E-state index is 13.5. The second kappa shape index (κ2) is 11.4. The standard InChI is InChI=1S/C30H37N5OS/c1-22(33-25-9-3-4-11-27(25)37-2)24-19-23(26-10-6-8-16-35(26)29(24)36)20-34-17-13-30(21-31,14-18-34)28-12-5-7-15-32-28/h5-8,10,12,15-16,19,22,25,27,33H,3-4,9,11,13-14,17-18,20H2,1-2H3. The number of nitriles is 1. The molecular formula is C30H37N5OS. The molecule has 0 aromatic carbocycles. The average Bonchev–Trinajstić information content (AvgIpc) is 2.96. The monoisotopic (exact) mass is 515 g/mol. The molecule has 3 atom stereocenters. The second-order valence-electron chi connectivity index (χ2n) is 10.6. The molecule has 2 aliphatic rings. The van der Waals surface area contributed by atoms with E-state index >= 15 is 0 Å². The Morgan fingerprint density at radius 1 is 1.19 bits per heavy atom. The van der Waals surface area contributed by atoms with Crippen molar-refractivity contribution in [2.75, 3.05) is 19.3 Å². The van der Waals surface area contributed by atoms with Crippen LogP contribution in [0, 0.1) is 11.3 Å². The fourth-order valence-electron chi connectivity index (χ4n) is 6.17. The Bertz CT molecular complexity index is 1310. The maximum absolute atomic E-state index is 13.5. The summed E-state index contributed by atoms with van der Waals surface area (Å²) < 4.78 is 1.81. The molecule has 5 rings (SSSR count). The minimum atomic E-state index is -0.523. The molecule has 7 heteroatoms. The Labute approximate surface area is 224 Å². The van der Waals surface area contributed by atoms with Gasteiger partial charge in [-0.05, 0) is 74.8 Å². The van der Waals surface area contributed by atoms with Gasteiger partial charge in [0.2, 0.25) is 0 Å². The Hall–Kier alpha value is -2.66. The molecule has 4 heterocycles. The van der Waals surface area contributed by atoms with Crippen molar-refractivity contribution in [2.24, 2.45) is 0 Å². The van der Waals surface area contributed by atoms with Gasteiger partial charge in [-0.25, -0.2) is 0 Å². The summed E-state index contributed by atoms with van der Waals surface area (Å²) in [6.07, 6.45) is 12.3. The highest BCUT2D eigenvalue weighted by Crippen LogP contribution is 2.34. The molecule has 3 aromatic heterocycles. The predicted octanol–water partition coefficient (Wildman–Crippen LogP) is 5.08. The van der Waals surface area contributed by atoms with Gasteiger partial charge in [-0.15, -0.1) is 0 Å². The molecule has 3 unspecified atom stereocenters. The lowest BCUT2D eigenvalue weighted by atomic mass is 9.76. The van der Waals surface area contributed by atoms with E-state index in [9.17, 15) is 10.1 Å². The van der Waals surface area contributed by atoms with Gasteiger partial charge in [-0.1, -0.05) is 25.0 Å². The van der Waals surface area contributed by atoms with E-state index in [0.29, 0.717) is 11.3 Å². The number of aromatic nitrogens is 2. The van der Waals surface area contributed by atoms with Crippen LogP contribution >= 0.6 is 11.8 Å². The SMILES string of the molecule is CSC1CCCCC1NC(C)c1cc(CN2CCC(C#N)(c3ccccn3)CC2)c2ccccn2c1=O. The largest absolute Gasteiger partial charge is 0.306 e. The van der Waals surface area contributed by atoms with Gasteiger partial charge in [0.05, 0.1) is 17.3 Å². The summed E-state index contributed by atoms with van der Waals surface area (Å²) in [5, 5.41) is 14.5. The van der Waals surface area contributed by atoms with E-state index in [1.54, 1.807) is 6.20 Å². The molecule has 0 amide bonds. The third-order valence-electron chi connectivity index (χ3n) is 8.39. The Kier molecular flexibility index (Phi) is 7.99. The summed E-state index contributed by atoms with van der Waals surface area (Å²) >= 11 is 1.94. The van der Waals surface area contributed by atoms with Crippen LogP contribution in [0.15, 0.2) is 59.7 Å². The van der Waals surface area contributed by atoms with Crippen molar-refractivity contribution >= 4 is 17.3 Å². The molecule has 3 aromatic rings. The number of thioether (sulfide) groups is 1. The van der Waals surface area contributed by atoms with E-state index in [1.807, 2.05) is 58.8 Å². The Morgan fingerprint density at radius 3 is 2.70 bits per heavy atom. The lowest BCUT2D eigenvalue weighted by molar-refractivity contribution is 0.177. The lowest BCUT2D eigenvalue weighted by Crippen LogP contribution is -2.43. The Morgan fingerprint density at radius 2 is 1.97 bits per heavy atom. The lowest BCUT2D eigenvalue weighted by Gasteiger charge is -2.37. The number of nitrogens with one attached hydrogen (secondary N) is 1. The molecule has 6 nitrogen and oxygen atoms in total. The summed E-state index contributed by atoms with van der Waals surface area (Å²) in [5.41, 5.74) is 3.38. The summed E-state index contributed by atoms with van der Waals surface area (Å²) in [6.45, 7) is 4.54. The maximum Gasteiger partial charge on any atom is 0.259 e. The van der Waals surface area contributed by atoms with Gasteiger partial charge in [0.1, 0.15) is 5.41 Å². The van der Waals surface area contributed by atoms with Crippen molar-refractivity contribution in [1.29, 1.82) is 5.26 Å². The van der Waals surface area contributed by atoms with E-state index in [1.165, 1.54) is 25.7 Å². The molecule has 2 fully saturated rings. The van der Waals surface area contributed by atoms with E-state index in [4.69, 9.17) is 0 Å². The normalized spacial score (nSPS) is 22.9. The third-order valence-corrected chi connectivity index (χ3v) is 9.56. The number of likely N-dealkylation sites (tertiary alicyclic amines) is 1. The average molecular weight is 516 g/mol. The van der Waals surface area contributed by atoms with Crippen LogP contribution in [0.3, 0.4) is 0 Å². The summed E-state index contributed by atoms with van der Waals surface area (Å²) in [4.78, 5) is 20.5.